The summed E-state index contributed by atoms with van der Waals surface area (Å²) in [5.41, 5.74) is 0.869. The quantitative estimate of drug-likeness (QED) is 0.824. The van der Waals surface area contributed by atoms with E-state index >= 15 is 0 Å². The Kier molecular flexibility index (Phi) is 5.75. The number of ether oxygens (including phenoxy) is 2. The third-order valence-corrected chi connectivity index (χ3v) is 4.01. The number of methoxy groups -OCH3 is 2. The van der Waals surface area contributed by atoms with Gasteiger partial charge in [-0.1, -0.05) is 0 Å². The molecule has 0 aromatic carbocycles. The van der Waals surface area contributed by atoms with Crippen LogP contribution in [-0.4, -0.2) is 36.8 Å². The van der Waals surface area contributed by atoms with Gasteiger partial charge in [0.05, 0.1) is 19.9 Å². The highest BCUT2D eigenvalue weighted by molar-refractivity contribution is 7.99. The Morgan fingerprint density at radius 2 is 2.06 bits per heavy atom. The van der Waals surface area contributed by atoms with Crippen LogP contribution in [0.15, 0.2) is 12.3 Å². The lowest BCUT2D eigenvalue weighted by Crippen LogP contribution is -2.31. The van der Waals surface area contributed by atoms with E-state index in [1.54, 1.807) is 26.5 Å². The maximum absolute atomic E-state index is 5.34. The van der Waals surface area contributed by atoms with Gasteiger partial charge >= 0.3 is 0 Å². The van der Waals surface area contributed by atoms with Gasteiger partial charge in [0.25, 0.3) is 0 Å². The second kappa shape index (κ2) is 6.85. The van der Waals surface area contributed by atoms with Crippen LogP contribution < -0.4 is 14.8 Å². The first-order chi connectivity index (χ1) is 8.54. The molecule has 0 aliphatic heterocycles. The number of aromatic nitrogens is 1. The van der Waals surface area contributed by atoms with Crippen LogP contribution in [0, 0.1) is 0 Å². The number of pyridine rings is 1. The van der Waals surface area contributed by atoms with E-state index in [4.69, 9.17) is 9.47 Å². The Morgan fingerprint density at radius 1 is 1.33 bits per heavy atom. The van der Waals surface area contributed by atoms with Gasteiger partial charge in [0, 0.05) is 30.1 Å². The molecule has 0 unspecified atom stereocenters. The third-order valence-electron chi connectivity index (χ3n) is 2.76. The molecule has 0 saturated heterocycles. The number of hydrogen-bond donors (Lipinski definition) is 1. The molecule has 0 aliphatic carbocycles. The zero-order valence-corrected chi connectivity index (χ0v) is 12.6. The second-order valence-electron chi connectivity index (χ2n) is 4.56. The molecule has 102 valence electrons. The molecule has 0 fully saturated rings. The topological polar surface area (TPSA) is 43.4 Å². The van der Waals surface area contributed by atoms with E-state index in [0.29, 0.717) is 18.0 Å². The summed E-state index contributed by atoms with van der Waals surface area (Å²) in [5.74, 6) is 1.42. The van der Waals surface area contributed by atoms with Crippen molar-refractivity contribution < 1.29 is 9.47 Å². The number of nitrogens with one attached hydrogen (secondary N) is 1. The molecule has 1 rings (SSSR count). The summed E-state index contributed by atoms with van der Waals surface area (Å²) in [6, 6.07) is 1.80. The molecule has 5 heteroatoms. The fourth-order valence-electron chi connectivity index (χ4n) is 1.53. The molecule has 0 radical (unpaired) electrons. The molecule has 0 saturated carbocycles. The maximum Gasteiger partial charge on any atom is 0.183 e. The van der Waals surface area contributed by atoms with Crippen LogP contribution in [0.2, 0.25) is 0 Å². The van der Waals surface area contributed by atoms with Crippen LogP contribution in [0.1, 0.15) is 19.5 Å². The van der Waals surface area contributed by atoms with Gasteiger partial charge in [-0.05, 0) is 20.1 Å². The Hall–Kier alpha value is -0.940. The average molecular weight is 270 g/mol. The van der Waals surface area contributed by atoms with Crippen LogP contribution >= 0.6 is 11.8 Å². The number of hydrogen-bond acceptors (Lipinski definition) is 5. The zero-order chi connectivity index (χ0) is 13.6. The number of thioether (sulfide) groups is 1. The molecule has 1 heterocycles. The predicted molar refractivity (Wildman–Crippen MR) is 76.6 cm³/mol. The van der Waals surface area contributed by atoms with Crippen LogP contribution in [0.5, 0.6) is 11.5 Å². The molecule has 0 aliphatic rings. The van der Waals surface area contributed by atoms with Crippen molar-refractivity contribution in [2.45, 2.75) is 25.1 Å². The molecular weight excluding hydrogens is 248 g/mol. The minimum Gasteiger partial charge on any atom is -0.493 e. The minimum absolute atomic E-state index is 0.214. The largest absolute Gasteiger partial charge is 0.493 e. The van der Waals surface area contributed by atoms with E-state index in [0.717, 1.165) is 12.2 Å². The molecule has 18 heavy (non-hydrogen) atoms. The van der Waals surface area contributed by atoms with Crippen LogP contribution in [0.4, 0.5) is 0 Å². The first-order valence-corrected chi connectivity index (χ1v) is 7.08. The fraction of sp³-hybridized carbons (Fsp3) is 0.615. The molecule has 1 aromatic rings. The lowest BCUT2D eigenvalue weighted by atomic mass is 10.2. The van der Waals surface area contributed by atoms with Crippen LogP contribution in [0.25, 0.3) is 0 Å². The monoisotopic (exact) mass is 270 g/mol. The normalized spacial score (nSPS) is 11.4. The van der Waals surface area contributed by atoms with Crippen molar-refractivity contribution in [1.29, 1.82) is 0 Å². The van der Waals surface area contributed by atoms with Crippen molar-refractivity contribution in [3.05, 3.63) is 18.0 Å². The van der Waals surface area contributed by atoms with Gasteiger partial charge < -0.3 is 14.8 Å². The van der Waals surface area contributed by atoms with Crippen molar-refractivity contribution in [2.75, 3.05) is 27.0 Å². The molecular formula is C13H22N2O2S. The average Bonchev–Trinajstić information content (AvgIpc) is 2.38. The summed E-state index contributed by atoms with van der Waals surface area (Å²) in [6.07, 6.45) is 3.85. The highest BCUT2D eigenvalue weighted by Gasteiger charge is 2.16. The molecule has 1 N–H and O–H groups in total. The molecule has 0 amide bonds. The lowest BCUT2D eigenvalue weighted by molar-refractivity contribution is 0.348. The van der Waals surface area contributed by atoms with E-state index in [1.807, 2.05) is 11.8 Å². The van der Waals surface area contributed by atoms with E-state index in [2.05, 4.69) is 30.4 Å². The van der Waals surface area contributed by atoms with E-state index in [9.17, 15) is 0 Å². The second-order valence-corrected chi connectivity index (χ2v) is 6.07. The molecule has 0 atom stereocenters. The molecule has 0 bridgehead atoms. The predicted octanol–water partition coefficient (Wildman–Crippen LogP) is 2.33. The van der Waals surface area contributed by atoms with E-state index in [-0.39, 0.29) is 4.75 Å². The fourth-order valence-corrected chi connectivity index (χ4v) is 1.78. The minimum atomic E-state index is 0.214. The molecule has 0 spiro atoms. The Morgan fingerprint density at radius 3 is 2.61 bits per heavy atom. The van der Waals surface area contributed by atoms with Gasteiger partial charge in [-0.25, -0.2) is 0 Å². The van der Waals surface area contributed by atoms with Crippen molar-refractivity contribution in [3.8, 4) is 11.5 Å². The van der Waals surface area contributed by atoms with Gasteiger partial charge in [-0.15, -0.1) is 0 Å². The van der Waals surface area contributed by atoms with Crippen molar-refractivity contribution in [1.82, 2.24) is 10.3 Å². The highest BCUT2D eigenvalue weighted by Crippen LogP contribution is 2.29. The zero-order valence-electron chi connectivity index (χ0n) is 11.7. The third kappa shape index (κ3) is 4.07. The van der Waals surface area contributed by atoms with Crippen LogP contribution in [0.3, 0.4) is 0 Å². The van der Waals surface area contributed by atoms with Gasteiger partial charge in [-0.3, -0.25) is 4.98 Å². The highest BCUT2D eigenvalue weighted by atomic mass is 32.2. The maximum atomic E-state index is 5.34. The Bertz CT molecular complexity index is 383. The summed E-state index contributed by atoms with van der Waals surface area (Å²) in [6.45, 7) is 6.00. The van der Waals surface area contributed by atoms with Crippen molar-refractivity contribution in [2.24, 2.45) is 0 Å². The summed E-state index contributed by atoms with van der Waals surface area (Å²) in [5, 5.41) is 3.40. The van der Waals surface area contributed by atoms with E-state index < -0.39 is 0 Å². The smallest absolute Gasteiger partial charge is 0.183 e. The first kappa shape index (κ1) is 15.1. The van der Waals surface area contributed by atoms with Crippen LogP contribution in [-0.2, 0) is 6.54 Å². The standard InChI is InChI=1S/C13H22N2O2S/c1-13(2,18-5)9-14-8-10-12(17-4)11(16-3)6-7-15-10/h6-7,14H,8-9H2,1-5H3. The summed E-state index contributed by atoms with van der Waals surface area (Å²) < 4.78 is 10.8. The summed E-state index contributed by atoms with van der Waals surface area (Å²) in [7, 11) is 3.26. The number of rotatable bonds is 7. The van der Waals surface area contributed by atoms with Crippen molar-refractivity contribution in [3.63, 3.8) is 0 Å². The van der Waals surface area contributed by atoms with E-state index in [1.165, 1.54) is 0 Å². The van der Waals surface area contributed by atoms with Gasteiger partial charge in [0.1, 0.15) is 0 Å². The van der Waals surface area contributed by atoms with Gasteiger partial charge in [0.15, 0.2) is 11.5 Å². The molecule has 4 nitrogen and oxygen atoms in total. The first-order valence-electron chi connectivity index (χ1n) is 5.86. The summed E-state index contributed by atoms with van der Waals surface area (Å²) >= 11 is 1.84. The SMILES string of the molecule is COc1ccnc(CNCC(C)(C)SC)c1OC. The van der Waals surface area contributed by atoms with Gasteiger partial charge in [-0.2, -0.15) is 11.8 Å². The Balaban J connectivity index is 2.67. The number of nitrogens with zero attached hydrogens (tertiary/aromatic N) is 1. The molecule has 1 aromatic heterocycles. The summed E-state index contributed by atoms with van der Waals surface area (Å²) in [4.78, 5) is 4.33. The van der Waals surface area contributed by atoms with Crippen molar-refractivity contribution >= 4 is 11.8 Å². The Labute approximate surface area is 113 Å². The lowest BCUT2D eigenvalue weighted by Gasteiger charge is -2.22. The van der Waals surface area contributed by atoms with Gasteiger partial charge in [0.2, 0.25) is 0 Å².